The van der Waals surface area contributed by atoms with Gasteiger partial charge in [0.25, 0.3) is 5.91 Å². The quantitative estimate of drug-likeness (QED) is 0.899. The summed E-state index contributed by atoms with van der Waals surface area (Å²) in [5.41, 5.74) is -0.255. The van der Waals surface area contributed by atoms with Crippen LogP contribution in [0.1, 0.15) is 44.0 Å². The molecule has 1 N–H and O–H groups in total. The van der Waals surface area contributed by atoms with E-state index in [0.717, 1.165) is 12.8 Å². The van der Waals surface area contributed by atoms with Gasteiger partial charge in [-0.2, -0.15) is 0 Å². The second-order valence-corrected chi connectivity index (χ2v) is 7.12. The lowest BCUT2D eigenvalue weighted by molar-refractivity contribution is -0.139. The Hall–Kier alpha value is -1.88. The highest BCUT2D eigenvalue weighted by Crippen LogP contribution is 2.21. The van der Waals surface area contributed by atoms with E-state index >= 15 is 0 Å². The monoisotopic (exact) mass is 332 g/mol. The van der Waals surface area contributed by atoms with Gasteiger partial charge in [-0.15, -0.1) is 0 Å². The number of likely N-dealkylation sites (N-methyl/N-ethyl adjacent to an activating group) is 1. The van der Waals surface area contributed by atoms with Crippen LogP contribution < -0.4 is 0 Å². The van der Waals surface area contributed by atoms with Gasteiger partial charge in [0.1, 0.15) is 0 Å². The van der Waals surface area contributed by atoms with Crippen LogP contribution in [-0.2, 0) is 4.79 Å². The van der Waals surface area contributed by atoms with Crippen LogP contribution in [0, 0.1) is 5.92 Å². The molecule has 1 unspecified atom stereocenters. The molecule has 0 saturated carbocycles. The Labute approximate surface area is 144 Å². The molecule has 1 fully saturated rings. The molecule has 1 aromatic rings. The summed E-state index contributed by atoms with van der Waals surface area (Å²) in [4.78, 5) is 28.9. The standard InChI is InChI=1S/C19H28N2O3/c1-4-20(14-19(2,3)24)18(23)16-11-8-12-21(13-16)17(22)15-9-6-5-7-10-15/h5-7,9-10,16,24H,4,8,11-14H2,1-3H3. The minimum absolute atomic E-state index is 0.0152. The minimum Gasteiger partial charge on any atom is -0.389 e. The number of hydrogen-bond donors (Lipinski definition) is 1. The van der Waals surface area contributed by atoms with Crippen LogP contribution in [0.5, 0.6) is 0 Å². The molecule has 0 bridgehead atoms. The number of aliphatic hydroxyl groups is 1. The van der Waals surface area contributed by atoms with E-state index in [0.29, 0.717) is 31.7 Å². The summed E-state index contributed by atoms with van der Waals surface area (Å²) in [7, 11) is 0. The summed E-state index contributed by atoms with van der Waals surface area (Å²) in [6.07, 6.45) is 1.62. The van der Waals surface area contributed by atoms with Gasteiger partial charge in [-0.05, 0) is 45.7 Å². The van der Waals surface area contributed by atoms with Gasteiger partial charge < -0.3 is 14.9 Å². The molecule has 1 aliphatic heterocycles. The number of amides is 2. The molecule has 0 aliphatic carbocycles. The first-order valence-electron chi connectivity index (χ1n) is 8.67. The van der Waals surface area contributed by atoms with Crippen molar-refractivity contribution in [1.82, 2.24) is 9.80 Å². The van der Waals surface area contributed by atoms with Crippen molar-refractivity contribution in [2.24, 2.45) is 5.92 Å². The molecule has 2 amide bonds. The van der Waals surface area contributed by atoms with E-state index in [4.69, 9.17) is 0 Å². The lowest BCUT2D eigenvalue weighted by atomic mass is 9.95. The first kappa shape index (κ1) is 18.5. The highest BCUT2D eigenvalue weighted by Gasteiger charge is 2.32. The molecule has 1 aromatic carbocycles. The summed E-state index contributed by atoms with van der Waals surface area (Å²) in [6.45, 7) is 7.34. The molecule has 5 heteroatoms. The summed E-state index contributed by atoms with van der Waals surface area (Å²) in [5.74, 6) is -0.169. The second-order valence-electron chi connectivity index (χ2n) is 7.12. The van der Waals surface area contributed by atoms with Crippen molar-refractivity contribution in [2.75, 3.05) is 26.2 Å². The lowest BCUT2D eigenvalue weighted by Crippen LogP contribution is -2.49. The Kier molecular flexibility index (Phi) is 5.99. The number of nitrogens with zero attached hydrogens (tertiary/aromatic N) is 2. The number of piperidine rings is 1. The predicted octanol–water partition coefficient (Wildman–Crippen LogP) is 2.16. The molecule has 1 atom stereocenters. The van der Waals surface area contributed by atoms with Gasteiger partial charge in [0, 0.05) is 31.7 Å². The maximum atomic E-state index is 12.8. The van der Waals surface area contributed by atoms with E-state index in [1.807, 2.05) is 25.1 Å². The van der Waals surface area contributed by atoms with Crippen molar-refractivity contribution in [1.29, 1.82) is 0 Å². The maximum Gasteiger partial charge on any atom is 0.253 e. The Morgan fingerprint density at radius 2 is 1.96 bits per heavy atom. The Morgan fingerprint density at radius 3 is 2.54 bits per heavy atom. The van der Waals surface area contributed by atoms with E-state index in [9.17, 15) is 14.7 Å². The van der Waals surface area contributed by atoms with Crippen LogP contribution in [0.4, 0.5) is 0 Å². The zero-order chi connectivity index (χ0) is 17.7. The van der Waals surface area contributed by atoms with Gasteiger partial charge in [-0.25, -0.2) is 0 Å². The number of hydrogen-bond acceptors (Lipinski definition) is 3. The third kappa shape index (κ3) is 4.81. The number of carbonyl (C=O) groups excluding carboxylic acids is 2. The largest absolute Gasteiger partial charge is 0.389 e. The second kappa shape index (κ2) is 7.79. The van der Waals surface area contributed by atoms with Crippen LogP contribution in [0.25, 0.3) is 0 Å². The van der Waals surface area contributed by atoms with Gasteiger partial charge in [0.05, 0.1) is 11.5 Å². The molecule has 24 heavy (non-hydrogen) atoms. The van der Waals surface area contributed by atoms with Gasteiger partial charge >= 0.3 is 0 Å². The number of carbonyl (C=O) groups is 2. The third-order valence-electron chi connectivity index (χ3n) is 4.35. The van der Waals surface area contributed by atoms with Crippen molar-refractivity contribution < 1.29 is 14.7 Å². The van der Waals surface area contributed by atoms with Gasteiger partial charge in [-0.1, -0.05) is 18.2 Å². The SMILES string of the molecule is CCN(CC(C)(C)O)C(=O)C1CCCN(C(=O)c2ccccc2)C1. The highest BCUT2D eigenvalue weighted by molar-refractivity contribution is 5.94. The summed E-state index contributed by atoms with van der Waals surface area (Å²) in [6, 6.07) is 9.19. The fourth-order valence-corrected chi connectivity index (χ4v) is 3.20. The van der Waals surface area contributed by atoms with Crippen molar-refractivity contribution >= 4 is 11.8 Å². The average molecular weight is 332 g/mol. The summed E-state index contributed by atoms with van der Waals surface area (Å²) < 4.78 is 0. The van der Waals surface area contributed by atoms with Gasteiger partial charge in [0.15, 0.2) is 0 Å². The minimum atomic E-state index is -0.917. The predicted molar refractivity (Wildman–Crippen MR) is 93.6 cm³/mol. The lowest BCUT2D eigenvalue weighted by Gasteiger charge is -2.36. The van der Waals surface area contributed by atoms with Crippen LogP contribution >= 0.6 is 0 Å². The molecule has 1 saturated heterocycles. The van der Waals surface area contributed by atoms with Crippen LogP contribution in [-0.4, -0.2) is 58.5 Å². The summed E-state index contributed by atoms with van der Waals surface area (Å²) in [5, 5.41) is 10.00. The van der Waals surface area contributed by atoms with Crippen molar-refractivity contribution in [3.8, 4) is 0 Å². The third-order valence-corrected chi connectivity index (χ3v) is 4.35. The van der Waals surface area contributed by atoms with E-state index in [-0.39, 0.29) is 17.7 Å². The molecule has 1 heterocycles. The smallest absolute Gasteiger partial charge is 0.253 e. The van der Waals surface area contributed by atoms with Gasteiger partial charge in [-0.3, -0.25) is 9.59 Å². The Bertz CT molecular complexity index is 566. The zero-order valence-electron chi connectivity index (χ0n) is 14.9. The van der Waals surface area contributed by atoms with Crippen molar-refractivity contribution in [3.63, 3.8) is 0 Å². The topological polar surface area (TPSA) is 60.9 Å². The average Bonchev–Trinajstić information content (AvgIpc) is 2.58. The van der Waals surface area contributed by atoms with Crippen LogP contribution in [0.2, 0.25) is 0 Å². The first-order chi connectivity index (χ1) is 11.3. The number of rotatable bonds is 5. The molecule has 0 spiro atoms. The van der Waals surface area contributed by atoms with E-state index < -0.39 is 5.60 Å². The Balaban J connectivity index is 2.04. The van der Waals surface area contributed by atoms with Crippen molar-refractivity contribution in [3.05, 3.63) is 35.9 Å². The van der Waals surface area contributed by atoms with E-state index in [2.05, 4.69) is 0 Å². The van der Waals surface area contributed by atoms with Gasteiger partial charge in [0.2, 0.25) is 5.91 Å². The molecular weight excluding hydrogens is 304 g/mol. The Morgan fingerprint density at radius 1 is 1.29 bits per heavy atom. The molecular formula is C19H28N2O3. The fourth-order valence-electron chi connectivity index (χ4n) is 3.20. The molecule has 0 aromatic heterocycles. The molecule has 2 rings (SSSR count). The molecule has 1 aliphatic rings. The first-order valence-corrected chi connectivity index (χ1v) is 8.67. The zero-order valence-corrected chi connectivity index (χ0v) is 14.9. The number of benzene rings is 1. The highest BCUT2D eigenvalue weighted by atomic mass is 16.3. The van der Waals surface area contributed by atoms with E-state index in [1.54, 1.807) is 35.8 Å². The molecule has 0 radical (unpaired) electrons. The van der Waals surface area contributed by atoms with E-state index in [1.165, 1.54) is 0 Å². The van der Waals surface area contributed by atoms with Crippen LogP contribution in [0.15, 0.2) is 30.3 Å². The summed E-state index contributed by atoms with van der Waals surface area (Å²) >= 11 is 0. The fraction of sp³-hybridized carbons (Fsp3) is 0.579. The normalized spacial score (nSPS) is 18.3. The van der Waals surface area contributed by atoms with Crippen LogP contribution in [0.3, 0.4) is 0 Å². The number of likely N-dealkylation sites (tertiary alicyclic amines) is 1. The maximum absolute atomic E-state index is 12.8. The molecule has 132 valence electrons. The molecule has 5 nitrogen and oxygen atoms in total. The van der Waals surface area contributed by atoms with Crippen molar-refractivity contribution in [2.45, 2.75) is 39.2 Å².